The van der Waals surface area contributed by atoms with Gasteiger partial charge in [0.1, 0.15) is 0 Å². The number of likely N-dealkylation sites (tertiary alicyclic amines) is 1. The number of rotatable bonds is 5. The maximum atomic E-state index is 6.23. The molecule has 0 aromatic heterocycles. The third kappa shape index (κ3) is 4.92. The van der Waals surface area contributed by atoms with Crippen LogP contribution in [0.3, 0.4) is 0 Å². The van der Waals surface area contributed by atoms with Crippen molar-refractivity contribution in [3.8, 4) is 0 Å². The summed E-state index contributed by atoms with van der Waals surface area (Å²) in [6.45, 7) is 7.83. The molecule has 0 radical (unpaired) electrons. The van der Waals surface area contributed by atoms with Crippen molar-refractivity contribution in [3.63, 3.8) is 0 Å². The summed E-state index contributed by atoms with van der Waals surface area (Å²) in [4.78, 5) is 2.54. The minimum atomic E-state index is 0.561. The Hall–Kier alpha value is -0.280. The number of hydrogen-bond acceptors (Lipinski definition) is 2. The van der Waals surface area contributed by atoms with E-state index in [0.29, 0.717) is 17.1 Å². The predicted octanol–water partition coefficient (Wildman–Crippen LogP) is 4.00. The van der Waals surface area contributed by atoms with Crippen molar-refractivity contribution in [1.29, 1.82) is 0 Å². The Morgan fingerprint density at radius 2 is 2.15 bits per heavy atom. The summed E-state index contributed by atoms with van der Waals surface area (Å²) >= 11 is 12.2. The Labute approximate surface area is 132 Å². The van der Waals surface area contributed by atoms with Gasteiger partial charge in [-0.05, 0) is 43.5 Å². The summed E-state index contributed by atoms with van der Waals surface area (Å²) in [5.41, 5.74) is 1.19. The first-order chi connectivity index (χ1) is 9.54. The van der Waals surface area contributed by atoms with Crippen molar-refractivity contribution in [2.75, 3.05) is 19.6 Å². The quantitative estimate of drug-likeness (QED) is 0.883. The maximum Gasteiger partial charge on any atom is 0.0453 e. The third-order valence-electron chi connectivity index (χ3n) is 3.79. The molecule has 1 heterocycles. The molecule has 1 aliphatic rings. The Kier molecular flexibility index (Phi) is 6.16. The number of piperidine rings is 1. The van der Waals surface area contributed by atoms with Crippen LogP contribution in [0.1, 0.15) is 32.3 Å². The van der Waals surface area contributed by atoms with Crippen LogP contribution in [0.15, 0.2) is 18.2 Å². The standard InChI is InChI=1S/C16H24Cl2N2/c1-12(2)19-15-4-3-8-20(11-15)9-7-13-5-6-14(17)10-16(13)18/h5-6,10,12,15,19H,3-4,7-9,11H2,1-2H3. The lowest BCUT2D eigenvalue weighted by Gasteiger charge is -2.34. The molecule has 1 unspecified atom stereocenters. The zero-order valence-electron chi connectivity index (χ0n) is 12.3. The van der Waals surface area contributed by atoms with E-state index in [-0.39, 0.29) is 0 Å². The molecule has 0 amide bonds. The van der Waals surface area contributed by atoms with Crippen LogP contribution in [0.2, 0.25) is 10.0 Å². The molecule has 1 aliphatic heterocycles. The average Bonchev–Trinajstić information content (AvgIpc) is 2.37. The highest BCUT2D eigenvalue weighted by Crippen LogP contribution is 2.22. The smallest absolute Gasteiger partial charge is 0.0453 e. The van der Waals surface area contributed by atoms with Crippen molar-refractivity contribution in [2.45, 2.75) is 45.2 Å². The van der Waals surface area contributed by atoms with Gasteiger partial charge in [-0.15, -0.1) is 0 Å². The van der Waals surface area contributed by atoms with E-state index in [9.17, 15) is 0 Å². The third-order valence-corrected chi connectivity index (χ3v) is 4.37. The topological polar surface area (TPSA) is 15.3 Å². The molecule has 20 heavy (non-hydrogen) atoms. The molecule has 1 aromatic rings. The first-order valence-electron chi connectivity index (χ1n) is 7.47. The largest absolute Gasteiger partial charge is 0.311 e. The highest BCUT2D eigenvalue weighted by atomic mass is 35.5. The molecule has 0 bridgehead atoms. The zero-order valence-corrected chi connectivity index (χ0v) is 13.8. The van der Waals surface area contributed by atoms with Gasteiger partial charge in [0.25, 0.3) is 0 Å². The van der Waals surface area contributed by atoms with E-state index in [4.69, 9.17) is 23.2 Å². The second-order valence-electron chi connectivity index (χ2n) is 5.95. The number of nitrogens with zero attached hydrogens (tertiary/aromatic N) is 1. The first-order valence-corrected chi connectivity index (χ1v) is 8.22. The fourth-order valence-electron chi connectivity index (χ4n) is 2.87. The van der Waals surface area contributed by atoms with Crippen LogP contribution in [-0.4, -0.2) is 36.6 Å². The molecule has 2 nitrogen and oxygen atoms in total. The molecule has 1 aromatic carbocycles. The lowest BCUT2D eigenvalue weighted by molar-refractivity contribution is 0.187. The van der Waals surface area contributed by atoms with E-state index in [2.05, 4.69) is 24.1 Å². The number of benzene rings is 1. The molecule has 0 saturated carbocycles. The van der Waals surface area contributed by atoms with Crippen molar-refractivity contribution < 1.29 is 0 Å². The van der Waals surface area contributed by atoms with Gasteiger partial charge in [0.05, 0.1) is 0 Å². The summed E-state index contributed by atoms with van der Waals surface area (Å²) in [5.74, 6) is 0. The highest BCUT2D eigenvalue weighted by molar-refractivity contribution is 6.35. The van der Waals surface area contributed by atoms with Gasteiger partial charge in [0.15, 0.2) is 0 Å². The minimum Gasteiger partial charge on any atom is -0.311 e. The first kappa shape index (κ1) is 16.1. The molecular formula is C16H24Cl2N2. The van der Waals surface area contributed by atoms with Crippen LogP contribution in [0, 0.1) is 0 Å². The van der Waals surface area contributed by atoms with Crippen LogP contribution < -0.4 is 5.32 Å². The molecule has 4 heteroatoms. The van der Waals surface area contributed by atoms with E-state index in [1.807, 2.05) is 18.2 Å². The molecule has 1 fully saturated rings. The summed E-state index contributed by atoms with van der Waals surface area (Å²) in [6, 6.07) is 6.98. The van der Waals surface area contributed by atoms with Gasteiger partial charge >= 0.3 is 0 Å². The van der Waals surface area contributed by atoms with Crippen molar-refractivity contribution in [1.82, 2.24) is 10.2 Å². The van der Waals surface area contributed by atoms with Gasteiger partial charge in [-0.25, -0.2) is 0 Å². The molecule has 0 spiro atoms. The molecule has 1 saturated heterocycles. The van der Waals surface area contributed by atoms with E-state index in [0.717, 1.165) is 24.5 Å². The molecule has 1 atom stereocenters. The van der Waals surface area contributed by atoms with Crippen LogP contribution >= 0.6 is 23.2 Å². The molecule has 1 N–H and O–H groups in total. The monoisotopic (exact) mass is 314 g/mol. The zero-order chi connectivity index (χ0) is 14.5. The Morgan fingerprint density at radius 3 is 2.85 bits per heavy atom. The number of nitrogens with one attached hydrogen (secondary N) is 1. The maximum absolute atomic E-state index is 6.23. The van der Waals surface area contributed by atoms with Crippen LogP contribution in [0.25, 0.3) is 0 Å². The lowest BCUT2D eigenvalue weighted by atomic mass is 10.0. The summed E-state index contributed by atoms with van der Waals surface area (Å²) in [6.07, 6.45) is 3.56. The Morgan fingerprint density at radius 1 is 1.35 bits per heavy atom. The molecule has 0 aliphatic carbocycles. The van der Waals surface area contributed by atoms with Crippen molar-refractivity contribution in [2.24, 2.45) is 0 Å². The van der Waals surface area contributed by atoms with Gasteiger partial charge in [-0.3, -0.25) is 0 Å². The minimum absolute atomic E-state index is 0.561. The molecule has 112 valence electrons. The SMILES string of the molecule is CC(C)NC1CCCN(CCc2ccc(Cl)cc2Cl)C1. The van der Waals surface area contributed by atoms with Crippen LogP contribution in [0.4, 0.5) is 0 Å². The highest BCUT2D eigenvalue weighted by Gasteiger charge is 2.19. The fraction of sp³-hybridized carbons (Fsp3) is 0.625. The van der Waals surface area contributed by atoms with Gasteiger partial charge in [-0.1, -0.05) is 43.1 Å². The molecular weight excluding hydrogens is 291 g/mol. The summed E-state index contributed by atoms with van der Waals surface area (Å²) in [7, 11) is 0. The van der Waals surface area contributed by atoms with Gasteiger partial charge in [0, 0.05) is 35.2 Å². The van der Waals surface area contributed by atoms with Gasteiger partial charge < -0.3 is 10.2 Å². The van der Waals surface area contributed by atoms with E-state index in [1.54, 1.807) is 0 Å². The predicted molar refractivity (Wildman–Crippen MR) is 87.9 cm³/mol. The normalized spacial score (nSPS) is 20.6. The van der Waals surface area contributed by atoms with Gasteiger partial charge in [0.2, 0.25) is 0 Å². The lowest BCUT2D eigenvalue weighted by Crippen LogP contribution is -2.48. The van der Waals surface area contributed by atoms with Crippen LogP contribution in [0.5, 0.6) is 0 Å². The number of hydrogen-bond donors (Lipinski definition) is 1. The van der Waals surface area contributed by atoms with E-state index < -0.39 is 0 Å². The van der Waals surface area contributed by atoms with E-state index >= 15 is 0 Å². The van der Waals surface area contributed by atoms with Gasteiger partial charge in [-0.2, -0.15) is 0 Å². The van der Waals surface area contributed by atoms with Crippen molar-refractivity contribution >= 4 is 23.2 Å². The molecule has 2 rings (SSSR count). The Bertz CT molecular complexity index is 434. The number of halogens is 2. The summed E-state index contributed by atoms with van der Waals surface area (Å²) in [5, 5.41) is 5.13. The fourth-order valence-corrected chi connectivity index (χ4v) is 3.37. The average molecular weight is 315 g/mol. The van der Waals surface area contributed by atoms with Crippen molar-refractivity contribution in [3.05, 3.63) is 33.8 Å². The van der Waals surface area contributed by atoms with E-state index in [1.165, 1.54) is 24.9 Å². The van der Waals surface area contributed by atoms with Crippen LogP contribution in [-0.2, 0) is 6.42 Å². The second-order valence-corrected chi connectivity index (χ2v) is 6.79. The second kappa shape index (κ2) is 7.65. The summed E-state index contributed by atoms with van der Waals surface area (Å²) < 4.78 is 0. The Balaban J connectivity index is 1.84.